The molecule has 2 rings (SSSR count). The number of aryl methyl sites for hydroxylation is 1. The summed E-state index contributed by atoms with van der Waals surface area (Å²) >= 11 is 6.19. The first-order valence-corrected chi connectivity index (χ1v) is 8.21. The van der Waals surface area contributed by atoms with Crippen molar-refractivity contribution in [2.75, 3.05) is 5.32 Å². The lowest BCUT2D eigenvalue weighted by atomic mass is 10.0. The SMILES string of the molecule is CCc1ccc(Cl)c(CC)c1NC(=O)c1cc([N+](=O)[O-])cc([N+](=O)[O-])c1. The molecule has 2 aromatic rings. The predicted octanol–water partition coefficient (Wildman–Crippen LogP) is 4.53. The molecule has 0 atom stereocenters. The smallest absolute Gasteiger partial charge is 0.277 e. The maximum Gasteiger partial charge on any atom is 0.277 e. The quantitative estimate of drug-likeness (QED) is 0.586. The van der Waals surface area contributed by atoms with Gasteiger partial charge in [-0.1, -0.05) is 31.5 Å². The number of non-ortho nitro benzene ring substituents is 2. The van der Waals surface area contributed by atoms with Crippen molar-refractivity contribution < 1.29 is 14.6 Å². The van der Waals surface area contributed by atoms with E-state index in [1.54, 1.807) is 12.1 Å². The van der Waals surface area contributed by atoms with Crippen molar-refractivity contribution >= 4 is 34.6 Å². The largest absolute Gasteiger partial charge is 0.321 e. The van der Waals surface area contributed by atoms with Crippen LogP contribution in [-0.4, -0.2) is 15.8 Å². The highest BCUT2D eigenvalue weighted by Gasteiger charge is 2.21. The summed E-state index contributed by atoms with van der Waals surface area (Å²) in [7, 11) is 0. The second-order valence-corrected chi connectivity index (χ2v) is 5.88. The van der Waals surface area contributed by atoms with E-state index < -0.39 is 27.1 Å². The van der Waals surface area contributed by atoms with Crippen LogP contribution in [0.3, 0.4) is 0 Å². The number of benzene rings is 2. The van der Waals surface area contributed by atoms with E-state index in [0.29, 0.717) is 23.6 Å². The summed E-state index contributed by atoms with van der Waals surface area (Å²) in [6.07, 6.45) is 1.20. The van der Waals surface area contributed by atoms with Crippen molar-refractivity contribution in [2.45, 2.75) is 26.7 Å². The van der Waals surface area contributed by atoms with Crippen molar-refractivity contribution in [3.8, 4) is 0 Å². The first-order valence-electron chi connectivity index (χ1n) is 7.83. The van der Waals surface area contributed by atoms with Crippen LogP contribution < -0.4 is 5.32 Å². The lowest BCUT2D eigenvalue weighted by Crippen LogP contribution is -2.15. The van der Waals surface area contributed by atoms with Gasteiger partial charge < -0.3 is 5.32 Å². The Balaban J connectivity index is 2.50. The van der Waals surface area contributed by atoms with E-state index in [0.717, 1.165) is 29.3 Å². The number of anilines is 1. The van der Waals surface area contributed by atoms with Gasteiger partial charge in [-0.05, 0) is 30.0 Å². The van der Waals surface area contributed by atoms with Crippen LogP contribution in [0.15, 0.2) is 30.3 Å². The van der Waals surface area contributed by atoms with E-state index in [1.165, 1.54) is 0 Å². The standard InChI is InChI=1S/C17H16ClN3O5/c1-3-10-5-6-15(18)14(4-2)16(10)19-17(22)11-7-12(20(23)24)9-13(8-11)21(25)26/h5-9H,3-4H2,1-2H3,(H,19,22). The van der Waals surface area contributed by atoms with E-state index >= 15 is 0 Å². The summed E-state index contributed by atoms with van der Waals surface area (Å²) in [4.78, 5) is 33.0. The summed E-state index contributed by atoms with van der Waals surface area (Å²) in [6, 6.07) is 6.35. The monoisotopic (exact) mass is 377 g/mol. The molecule has 0 aliphatic rings. The topological polar surface area (TPSA) is 115 Å². The Kier molecular flexibility index (Phi) is 5.89. The van der Waals surface area contributed by atoms with E-state index in [4.69, 9.17) is 11.6 Å². The Morgan fingerprint density at radius 3 is 2.08 bits per heavy atom. The molecule has 0 saturated heterocycles. The highest BCUT2D eigenvalue weighted by molar-refractivity contribution is 6.32. The molecule has 1 N–H and O–H groups in total. The molecule has 0 fully saturated rings. The van der Waals surface area contributed by atoms with Crippen molar-refractivity contribution in [1.29, 1.82) is 0 Å². The van der Waals surface area contributed by atoms with Crippen molar-refractivity contribution in [1.82, 2.24) is 0 Å². The Morgan fingerprint density at radius 1 is 1.04 bits per heavy atom. The Morgan fingerprint density at radius 2 is 1.62 bits per heavy atom. The third kappa shape index (κ3) is 3.97. The molecule has 0 aromatic heterocycles. The molecule has 26 heavy (non-hydrogen) atoms. The van der Waals surface area contributed by atoms with Crippen molar-refractivity contribution in [3.63, 3.8) is 0 Å². The fourth-order valence-corrected chi connectivity index (χ4v) is 2.88. The molecule has 8 nitrogen and oxygen atoms in total. The molecule has 0 aliphatic carbocycles. The molecule has 1 amide bonds. The molecule has 0 spiro atoms. The van der Waals surface area contributed by atoms with Gasteiger partial charge in [0.1, 0.15) is 0 Å². The summed E-state index contributed by atoms with van der Waals surface area (Å²) in [5.41, 5.74) is 0.888. The van der Waals surface area contributed by atoms with Gasteiger partial charge in [-0.25, -0.2) is 0 Å². The molecule has 2 aromatic carbocycles. The molecule has 0 heterocycles. The van der Waals surface area contributed by atoms with Crippen molar-refractivity contribution in [2.24, 2.45) is 0 Å². The van der Waals surface area contributed by atoms with Crippen LogP contribution in [0.2, 0.25) is 5.02 Å². The number of halogens is 1. The Hall–Kier alpha value is -3.00. The average molecular weight is 378 g/mol. The molecule has 9 heteroatoms. The van der Waals surface area contributed by atoms with Gasteiger partial charge in [-0.2, -0.15) is 0 Å². The number of amides is 1. The first kappa shape index (κ1) is 19.3. The van der Waals surface area contributed by atoms with Crippen LogP contribution in [0.1, 0.15) is 35.3 Å². The molecule has 0 unspecified atom stereocenters. The number of nitro benzene ring substituents is 2. The lowest BCUT2D eigenvalue weighted by Gasteiger charge is -2.16. The summed E-state index contributed by atoms with van der Waals surface area (Å²) in [5.74, 6) is -0.677. The van der Waals surface area contributed by atoms with Gasteiger partial charge in [0.05, 0.1) is 21.5 Å². The highest BCUT2D eigenvalue weighted by Crippen LogP contribution is 2.30. The number of nitrogens with one attached hydrogen (secondary N) is 1. The molecule has 136 valence electrons. The van der Waals surface area contributed by atoms with E-state index in [2.05, 4.69) is 5.32 Å². The van der Waals surface area contributed by atoms with Crippen LogP contribution in [-0.2, 0) is 12.8 Å². The van der Waals surface area contributed by atoms with Gasteiger partial charge in [0.2, 0.25) is 0 Å². The molecule has 0 radical (unpaired) electrons. The molecule has 0 saturated carbocycles. The van der Waals surface area contributed by atoms with Gasteiger partial charge in [-0.15, -0.1) is 0 Å². The van der Waals surface area contributed by atoms with E-state index in [9.17, 15) is 25.0 Å². The zero-order valence-corrected chi connectivity index (χ0v) is 14.9. The lowest BCUT2D eigenvalue weighted by molar-refractivity contribution is -0.394. The number of rotatable bonds is 6. The minimum Gasteiger partial charge on any atom is -0.321 e. The number of carbonyl (C=O) groups excluding carboxylic acids is 1. The van der Waals surface area contributed by atoms with E-state index in [-0.39, 0.29) is 5.56 Å². The van der Waals surface area contributed by atoms with Gasteiger partial charge in [-0.3, -0.25) is 25.0 Å². The number of hydrogen-bond acceptors (Lipinski definition) is 5. The van der Waals surface area contributed by atoms with Gasteiger partial charge in [0.25, 0.3) is 17.3 Å². The zero-order chi connectivity index (χ0) is 19.4. The van der Waals surface area contributed by atoms with Crippen LogP contribution in [0.4, 0.5) is 17.1 Å². The third-order valence-corrected chi connectivity index (χ3v) is 4.26. The summed E-state index contributed by atoms with van der Waals surface area (Å²) in [5, 5.41) is 25.2. The van der Waals surface area contributed by atoms with E-state index in [1.807, 2.05) is 13.8 Å². The highest BCUT2D eigenvalue weighted by atomic mass is 35.5. The number of carbonyl (C=O) groups is 1. The predicted molar refractivity (Wildman–Crippen MR) is 97.9 cm³/mol. The maximum absolute atomic E-state index is 12.6. The Labute approximate surface area is 154 Å². The molecule has 0 bridgehead atoms. The van der Waals surface area contributed by atoms with Gasteiger partial charge in [0, 0.05) is 22.8 Å². The number of nitrogens with zero attached hydrogens (tertiary/aromatic N) is 2. The number of nitro groups is 2. The first-order chi connectivity index (χ1) is 12.3. The van der Waals surface area contributed by atoms with Crippen LogP contribution in [0.25, 0.3) is 0 Å². The minimum atomic E-state index is -0.780. The van der Waals surface area contributed by atoms with Crippen LogP contribution in [0.5, 0.6) is 0 Å². The molecular formula is C17H16ClN3O5. The minimum absolute atomic E-state index is 0.171. The van der Waals surface area contributed by atoms with Crippen molar-refractivity contribution in [3.05, 3.63) is 72.3 Å². The molecular weight excluding hydrogens is 362 g/mol. The second-order valence-electron chi connectivity index (χ2n) is 5.47. The third-order valence-electron chi connectivity index (χ3n) is 3.90. The van der Waals surface area contributed by atoms with Gasteiger partial charge >= 0.3 is 0 Å². The van der Waals surface area contributed by atoms with Crippen LogP contribution >= 0.6 is 11.6 Å². The fraction of sp³-hybridized carbons (Fsp3) is 0.235. The second kappa shape index (κ2) is 7.92. The zero-order valence-electron chi connectivity index (χ0n) is 14.1. The maximum atomic E-state index is 12.6. The fourth-order valence-electron chi connectivity index (χ4n) is 2.59. The van der Waals surface area contributed by atoms with Crippen LogP contribution in [0, 0.1) is 20.2 Å². The number of hydrogen-bond donors (Lipinski definition) is 1. The summed E-state index contributed by atoms with van der Waals surface area (Å²) in [6.45, 7) is 3.80. The van der Waals surface area contributed by atoms with Gasteiger partial charge in [0.15, 0.2) is 0 Å². The normalized spacial score (nSPS) is 10.4. The Bertz CT molecular complexity index is 866. The molecule has 0 aliphatic heterocycles. The summed E-state index contributed by atoms with van der Waals surface area (Å²) < 4.78 is 0. The average Bonchev–Trinajstić information content (AvgIpc) is 2.61.